The van der Waals surface area contributed by atoms with Gasteiger partial charge in [0.1, 0.15) is 0 Å². The Hall–Kier alpha value is -1.95. The molecule has 0 saturated heterocycles. The molecule has 0 unspecified atom stereocenters. The highest BCUT2D eigenvalue weighted by Gasteiger charge is 2.57. The van der Waals surface area contributed by atoms with Gasteiger partial charge >= 0.3 is 0 Å². The molecule has 4 saturated carbocycles. The van der Waals surface area contributed by atoms with Gasteiger partial charge in [0.05, 0.1) is 10.5 Å². The lowest BCUT2D eigenvalue weighted by Gasteiger charge is -2.60. The van der Waals surface area contributed by atoms with E-state index in [0.29, 0.717) is 23.9 Å². The van der Waals surface area contributed by atoms with Gasteiger partial charge in [-0.05, 0) is 61.8 Å². The highest BCUT2D eigenvalue weighted by Crippen LogP contribution is 2.59. The van der Waals surface area contributed by atoms with Gasteiger partial charge in [0, 0.05) is 31.4 Å². The predicted octanol–water partition coefficient (Wildman–Crippen LogP) is 3.17. The SMILES string of the molecule is COC1(CNC(=O)c2cccc([N+](=O)[O-])c2)C2CC3CC(C2)CC1C3. The number of nitrogens with zero attached hydrogens (tertiary/aromatic N) is 1. The van der Waals surface area contributed by atoms with Crippen LogP contribution in [0.25, 0.3) is 0 Å². The molecule has 1 amide bonds. The van der Waals surface area contributed by atoms with Crippen LogP contribution in [0.2, 0.25) is 0 Å². The molecule has 134 valence electrons. The first kappa shape index (κ1) is 16.5. The van der Waals surface area contributed by atoms with Crippen LogP contribution in [0, 0.1) is 33.8 Å². The van der Waals surface area contributed by atoms with Gasteiger partial charge in [-0.3, -0.25) is 14.9 Å². The molecule has 1 N–H and O–H groups in total. The Morgan fingerprint density at radius 3 is 2.44 bits per heavy atom. The van der Waals surface area contributed by atoms with Crippen LogP contribution in [0.3, 0.4) is 0 Å². The number of carbonyl (C=O) groups is 1. The molecular formula is C19H24N2O4. The molecule has 6 heteroatoms. The molecule has 4 bridgehead atoms. The quantitative estimate of drug-likeness (QED) is 0.657. The monoisotopic (exact) mass is 344 g/mol. The van der Waals surface area contributed by atoms with Crippen LogP contribution < -0.4 is 5.32 Å². The summed E-state index contributed by atoms with van der Waals surface area (Å²) in [5, 5.41) is 13.9. The lowest BCUT2D eigenvalue weighted by Crippen LogP contribution is -2.63. The third-order valence-electron chi connectivity index (χ3n) is 6.74. The third-order valence-corrected chi connectivity index (χ3v) is 6.74. The van der Waals surface area contributed by atoms with Crippen LogP contribution in [0.4, 0.5) is 5.69 Å². The molecule has 5 rings (SSSR count). The number of rotatable bonds is 5. The first-order chi connectivity index (χ1) is 12.0. The number of hydrogen-bond donors (Lipinski definition) is 1. The fraction of sp³-hybridized carbons (Fsp3) is 0.632. The largest absolute Gasteiger partial charge is 0.376 e. The first-order valence-corrected chi connectivity index (χ1v) is 9.09. The minimum atomic E-state index is -0.481. The second kappa shape index (κ2) is 6.09. The predicted molar refractivity (Wildman–Crippen MR) is 92.2 cm³/mol. The van der Waals surface area contributed by atoms with Crippen molar-refractivity contribution in [2.75, 3.05) is 13.7 Å². The summed E-state index contributed by atoms with van der Waals surface area (Å²) in [4.78, 5) is 22.9. The molecule has 0 radical (unpaired) electrons. The maximum atomic E-state index is 12.5. The van der Waals surface area contributed by atoms with Crippen molar-refractivity contribution in [2.45, 2.75) is 37.7 Å². The summed E-state index contributed by atoms with van der Waals surface area (Å²) in [7, 11) is 1.77. The zero-order chi connectivity index (χ0) is 17.6. The van der Waals surface area contributed by atoms with E-state index in [2.05, 4.69) is 5.32 Å². The smallest absolute Gasteiger partial charge is 0.270 e. The number of amides is 1. The van der Waals surface area contributed by atoms with Crippen LogP contribution in [-0.4, -0.2) is 30.1 Å². The van der Waals surface area contributed by atoms with Gasteiger partial charge in [0.15, 0.2) is 0 Å². The molecule has 1 aromatic rings. The van der Waals surface area contributed by atoms with Crippen molar-refractivity contribution in [1.29, 1.82) is 0 Å². The number of benzene rings is 1. The normalized spacial score (nSPS) is 35.6. The zero-order valence-corrected chi connectivity index (χ0v) is 14.4. The third kappa shape index (κ3) is 2.72. The van der Waals surface area contributed by atoms with E-state index in [1.165, 1.54) is 44.2 Å². The van der Waals surface area contributed by atoms with Crippen molar-refractivity contribution in [3.05, 3.63) is 39.9 Å². The van der Waals surface area contributed by atoms with E-state index in [1.54, 1.807) is 19.2 Å². The minimum Gasteiger partial charge on any atom is -0.376 e. The van der Waals surface area contributed by atoms with Crippen LogP contribution in [0.1, 0.15) is 42.5 Å². The van der Waals surface area contributed by atoms with Crippen molar-refractivity contribution in [2.24, 2.45) is 23.7 Å². The van der Waals surface area contributed by atoms with Gasteiger partial charge in [-0.1, -0.05) is 6.07 Å². The molecule has 1 aromatic carbocycles. The second-order valence-corrected chi connectivity index (χ2v) is 7.95. The van der Waals surface area contributed by atoms with Crippen LogP contribution >= 0.6 is 0 Å². The van der Waals surface area contributed by atoms with E-state index in [1.807, 2.05) is 0 Å². The Balaban J connectivity index is 1.49. The molecule has 0 aromatic heterocycles. The Bertz CT molecular complexity index is 674. The summed E-state index contributed by atoms with van der Waals surface area (Å²) in [6.45, 7) is 0.486. The standard InChI is InChI=1S/C19H24N2O4/c1-25-19(15-6-12-5-13(8-15)9-16(19)7-12)11-20-18(22)14-3-2-4-17(10-14)21(23)24/h2-4,10,12-13,15-16H,5-9,11H2,1H3,(H,20,22). The van der Waals surface area contributed by atoms with Gasteiger partial charge in [0.25, 0.3) is 11.6 Å². The summed E-state index contributed by atoms with van der Waals surface area (Å²) >= 11 is 0. The second-order valence-electron chi connectivity index (χ2n) is 7.95. The number of non-ortho nitro benzene ring substituents is 1. The number of carbonyl (C=O) groups excluding carboxylic acids is 1. The van der Waals surface area contributed by atoms with Crippen LogP contribution in [0.5, 0.6) is 0 Å². The van der Waals surface area contributed by atoms with E-state index in [9.17, 15) is 14.9 Å². The summed E-state index contributed by atoms with van der Waals surface area (Å²) in [6.07, 6.45) is 6.18. The summed E-state index contributed by atoms with van der Waals surface area (Å²) in [5.41, 5.74) is -0.0166. The van der Waals surface area contributed by atoms with Crippen molar-refractivity contribution >= 4 is 11.6 Å². The molecule has 0 aliphatic heterocycles. The van der Waals surface area contributed by atoms with Crippen molar-refractivity contribution in [1.82, 2.24) is 5.32 Å². The maximum absolute atomic E-state index is 12.5. The molecule has 4 aliphatic carbocycles. The fourth-order valence-electron chi connectivity index (χ4n) is 5.76. The fourth-order valence-corrected chi connectivity index (χ4v) is 5.76. The van der Waals surface area contributed by atoms with Crippen molar-refractivity contribution in [3.8, 4) is 0 Å². The Labute approximate surface area is 147 Å². The topological polar surface area (TPSA) is 81.5 Å². The van der Waals surface area contributed by atoms with E-state index >= 15 is 0 Å². The van der Waals surface area contributed by atoms with E-state index in [0.717, 1.165) is 11.8 Å². The molecule has 0 spiro atoms. The number of hydrogen-bond acceptors (Lipinski definition) is 4. The number of ether oxygens (including phenoxy) is 1. The van der Waals surface area contributed by atoms with Gasteiger partial charge in [-0.25, -0.2) is 0 Å². The van der Waals surface area contributed by atoms with E-state index in [-0.39, 0.29) is 17.2 Å². The van der Waals surface area contributed by atoms with Gasteiger partial charge in [0.2, 0.25) is 0 Å². The number of nitrogens with one attached hydrogen (secondary N) is 1. The highest BCUT2D eigenvalue weighted by molar-refractivity contribution is 5.94. The lowest BCUT2D eigenvalue weighted by atomic mass is 9.49. The average molecular weight is 344 g/mol. The Morgan fingerprint density at radius 2 is 1.88 bits per heavy atom. The van der Waals surface area contributed by atoms with Gasteiger partial charge < -0.3 is 10.1 Å². The molecule has 4 fully saturated rings. The lowest BCUT2D eigenvalue weighted by molar-refractivity contribution is -0.384. The average Bonchev–Trinajstić information content (AvgIpc) is 2.61. The molecule has 0 heterocycles. The molecule has 4 aliphatic rings. The Morgan fingerprint density at radius 1 is 1.24 bits per heavy atom. The van der Waals surface area contributed by atoms with Gasteiger partial charge in [-0.15, -0.1) is 0 Å². The molecular weight excluding hydrogens is 320 g/mol. The number of methoxy groups -OCH3 is 1. The van der Waals surface area contributed by atoms with E-state index in [4.69, 9.17) is 4.74 Å². The van der Waals surface area contributed by atoms with Gasteiger partial charge in [-0.2, -0.15) is 0 Å². The van der Waals surface area contributed by atoms with Crippen LogP contribution in [-0.2, 0) is 4.74 Å². The first-order valence-electron chi connectivity index (χ1n) is 9.09. The summed E-state index contributed by atoms with van der Waals surface area (Å²) in [6, 6.07) is 5.87. The molecule has 0 atom stereocenters. The Kier molecular flexibility index (Phi) is 4.02. The summed E-state index contributed by atoms with van der Waals surface area (Å²) < 4.78 is 6.04. The van der Waals surface area contributed by atoms with E-state index < -0.39 is 4.92 Å². The van der Waals surface area contributed by atoms with Crippen LogP contribution in [0.15, 0.2) is 24.3 Å². The highest BCUT2D eigenvalue weighted by atomic mass is 16.6. The summed E-state index contributed by atoms with van der Waals surface area (Å²) in [5.74, 6) is 2.42. The maximum Gasteiger partial charge on any atom is 0.270 e. The number of nitro groups is 1. The minimum absolute atomic E-state index is 0.0660. The zero-order valence-electron chi connectivity index (χ0n) is 14.4. The van der Waals surface area contributed by atoms with Crippen molar-refractivity contribution < 1.29 is 14.5 Å². The van der Waals surface area contributed by atoms with Crippen molar-refractivity contribution in [3.63, 3.8) is 0 Å². The molecule has 25 heavy (non-hydrogen) atoms. The number of nitro benzene ring substituents is 1. The molecule has 6 nitrogen and oxygen atoms in total.